The van der Waals surface area contributed by atoms with Crippen LogP contribution in [0.15, 0.2) is 41.8 Å². The van der Waals surface area contributed by atoms with E-state index in [1.807, 2.05) is 24.7 Å². The predicted octanol–water partition coefficient (Wildman–Crippen LogP) is 3.32. The van der Waals surface area contributed by atoms with Crippen molar-refractivity contribution in [1.82, 2.24) is 19.7 Å². The average Bonchev–Trinajstić information content (AvgIpc) is 3.13. The van der Waals surface area contributed by atoms with Crippen LogP contribution in [-0.4, -0.2) is 43.4 Å². The smallest absolute Gasteiger partial charge is 0.296 e. The molecule has 2 aromatic heterocycles. The molecular weight excluding hydrogens is 408 g/mol. The van der Waals surface area contributed by atoms with Crippen molar-refractivity contribution in [3.8, 4) is 17.0 Å². The number of carbonyl (C=O) groups is 1. The Morgan fingerprint density at radius 3 is 2.83 bits per heavy atom. The fraction of sp³-hybridized carbons (Fsp3) is 0.263. The van der Waals surface area contributed by atoms with Crippen molar-refractivity contribution in [2.75, 3.05) is 18.2 Å². The maximum atomic E-state index is 12.3. The Morgan fingerprint density at radius 1 is 1.37 bits per heavy atom. The second-order valence-corrected chi connectivity index (χ2v) is 7.13. The predicted molar refractivity (Wildman–Crippen MR) is 113 cm³/mol. The Hall–Kier alpha value is -3.47. The van der Waals surface area contributed by atoms with E-state index < -0.39 is 10.8 Å². The molecule has 0 unspecified atom stereocenters. The van der Waals surface area contributed by atoms with Gasteiger partial charge in [-0.25, -0.2) is 9.97 Å². The van der Waals surface area contributed by atoms with Gasteiger partial charge in [0.05, 0.1) is 35.2 Å². The van der Waals surface area contributed by atoms with Crippen LogP contribution < -0.4 is 10.1 Å². The third kappa shape index (κ3) is 4.92. The Kier molecular flexibility index (Phi) is 6.62. The van der Waals surface area contributed by atoms with Crippen LogP contribution in [0.2, 0.25) is 0 Å². The minimum atomic E-state index is -0.573. The number of nitro groups is 1. The highest BCUT2D eigenvalue weighted by Gasteiger charge is 2.18. The Bertz CT molecular complexity index is 1080. The zero-order valence-corrected chi connectivity index (χ0v) is 17.5. The molecule has 0 spiro atoms. The number of hydrogen-bond acceptors (Lipinski definition) is 8. The van der Waals surface area contributed by atoms with Gasteiger partial charge in [-0.15, -0.1) is 0 Å². The summed E-state index contributed by atoms with van der Waals surface area (Å²) in [6.07, 6.45) is 3.54. The molecule has 156 valence electrons. The fourth-order valence-electron chi connectivity index (χ4n) is 2.70. The molecule has 3 rings (SSSR count). The molecule has 0 aliphatic carbocycles. The van der Waals surface area contributed by atoms with Gasteiger partial charge in [0.2, 0.25) is 5.91 Å². The van der Waals surface area contributed by atoms with Gasteiger partial charge in [-0.2, -0.15) is 5.10 Å². The highest BCUT2D eigenvalue weighted by Crippen LogP contribution is 2.29. The number of aromatic nitrogens is 4. The largest absolute Gasteiger partial charge is 0.496 e. The molecule has 1 amide bonds. The molecule has 0 aliphatic heterocycles. The molecule has 0 saturated heterocycles. The number of carbonyl (C=O) groups excluding carboxylic acids is 1. The van der Waals surface area contributed by atoms with Gasteiger partial charge in [0, 0.05) is 24.5 Å². The molecule has 1 N–H and O–H groups in total. The van der Waals surface area contributed by atoms with Crippen molar-refractivity contribution in [2.24, 2.45) is 0 Å². The van der Waals surface area contributed by atoms with Crippen LogP contribution in [0, 0.1) is 17.0 Å². The first-order valence-corrected chi connectivity index (χ1v) is 10.0. The van der Waals surface area contributed by atoms with Crippen molar-refractivity contribution < 1.29 is 14.5 Å². The van der Waals surface area contributed by atoms with Crippen molar-refractivity contribution in [3.05, 3.63) is 52.5 Å². The number of nitrogens with zero attached hydrogens (tertiary/aromatic N) is 5. The molecule has 2 heterocycles. The summed E-state index contributed by atoms with van der Waals surface area (Å²) in [7, 11) is 1.41. The summed E-state index contributed by atoms with van der Waals surface area (Å²) in [6, 6.07) is 6.02. The second kappa shape index (κ2) is 9.35. The zero-order valence-electron chi connectivity index (χ0n) is 16.7. The molecular formula is C19H20N6O4S. The van der Waals surface area contributed by atoms with Crippen molar-refractivity contribution in [2.45, 2.75) is 25.5 Å². The van der Waals surface area contributed by atoms with E-state index in [0.29, 0.717) is 10.9 Å². The van der Waals surface area contributed by atoms with Gasteiger partial charge in [0.25, 0.3) is 5.69 Å². The van der Waals surface area contributed by atoms with E-state index in [1.54, 1.807) is 18.3 Å². The Labute approximate surface area is 176 Å². The quantitative estimate of drug-likeness (QED) is 0.251. The van der Waals surface area contributed by atoms with Gasteiger partial charge in [-0.3, -0.25) is 19.6 Å². The van der Waals surface area contributed by atoms with Crippen LogP contribution in [-0.2, 0) is 11.3 Å². The molecule has 0 atom stereocenters. The number of anilines is 1. The highest BCUT2D eigenvalue weighted by molar-refractivity contribution is 7.99. The van der Waals surface area contributed by atoms with E-state index in [2.05, 4.69) is 20.4 Å². The summed E-state index contributed by atoms with van der Waals surface area (Å²) in [4.78, 5) is 31.7. The number of thioether (sulfide) groups is 1. The number of amides is 1. The minimum absolute atomic E-state index is 0.000158. The minimum Gasteiger partial charge on any atom is -0.496 e. The Morgan fingerprint density at radius 2 is 2.17 bits per heavy atom. The average molecular weight is 428 g/mol. The normalized spacial score (nSPS) is 10.6. The number of benzene rings is 1. The van der Waals surface area contributed by atoms with Crippen LogP contribution in [0.5, 0.6) is 5.75 Å². The summed E-state index contributed by atoms with van der Waals surface area (Å²) < 4.78 is 6.82. The van der Waals surface area contributed by atoms with Gasteiger partial charge in [0.15, 0.2) is 5.16 Å². The van der Waals surface area contributed by atoms with Gasteiger partial charge in [0.1, 0.15) is 11.4 Å². The number of ether oxygens (including phenoxy) is 1. The van der Waals surface area contributed by atoms with E-state index in [9.17, 15) is 14.9 Å². The summed E-state index contributed by atoms with van der Waals surface area (Å²) in [5.74, 6) is -0.0712. The molecule has 0 fully saturated rings. The van der Waals surface area contributed by atoms with Crippen LogP contribution in [0.1, 0.15) is 12.6 Å². The fourth-order valence-corrected chi connectivity index (χ4v) is 3.33. The van der Waals surface area contributed by atoms with Gasteiger partial charge in [-0.05, 0) is 32.0 Å². The van der Waals surface area contributed by atoms with Crippen molar-refractivity contribution >= 4 is 29.0 Å². The lowest BCUT2D eigenvalue weighted by Gasteiger charge is -2.07. The third-order valence-corrected chi connectivity index (χ3v) is 5.05. The molecule has 0 radical (unpaired) electrons. The van der Waals surface area contributed by atoms with Gasteiger partial charge >= 0.3 is 0 Å². The maximum absolute atomic E-state index is 12.3. The van der Waals surface area contributed by atoms with Crippen LogP contribution in [0.4, 0.5) is 11.4 Å². The van der Waals surface area contributed by atoms with Gasteiger partial charge < -0.3 is 10.1 Å². The lowest BCUT2D eigenvalue weighted by molar-refractivity contribution is -0.384. The molecule has 1 aromatic carbocycles. The number of hydrogen-bond donors (Lipinski definition) is 1. The lowest BCUT2D eigenvalue weighted by Crippen LogP contribution is -2.15. The van der Waals surface area contributed by atoms with Crippen molar-refractivity contribution in [1.29, 1.82) is 0 Å². The first kappa shape index (κ1) is 21.2. The highest BCUT2D eigenvalue weighted by atomic mass is 32.2. The monoisotopic (exact) mass is 428 g/mol. The number of nitro benzene ring substituents is 1. The standard InChI is InChI=1S/C19H20N6O4S/c1-4-24-10-14(12(2)23-24)15-7-8-20-19(22-15)30-11-18(26)21-16-6-5-13(29-3)9-17(16)25(27)28/h5-10H,4,11H2,1-3H3,(H,21,26). The Balaban J connectivity index is 1.68. The van der Waals surface area contributed by atoms with Crippen LogP contribution in [0.3, 0.4) is 0 Å². The third-order valence-electron chi connectivity index (χ3n) is 4.19. The molecule has 11 heteroatoms. The summed E-state index contributed by atoms with van der Waals surface area (Å²) in [6.45, 7) is 4.67. The van der Waals surface area contributed by atoms with Crippen molar-refractivity contribution in [3.63, 3.8) is 0 Å². The molecule has 0 bridgehead atoms. The first-order chi connectivity index (χ1) is 14.4. The SMILES string of the molecule is CCn1cc(-c2ccnc(SCC(=O)Nc3ccc(OC)cc3[N+](=O)[O-])n2)c(C)n1. The molecule has 0 aliphatic rings. The molecule has 3 aromatic rings. The lowest BCUT2D eigenvalue weighted by atomic mass is 10.2. The van der Waals surface area contributed by atoms with E-state index in [1.165, 1.54) is 19.2 Å². The van der Waals surface area contributed by atoms with E-state index >= 15 is 0 Å². The van der Waals surface area contributed by atoms with E-state index in [4.69, 9.17) is 4.74 Å². The summed E-state index contributed by atoms with van der Waals surface area (Å²) in [5.41, 5.74) is 2.34. The first-order valence-electron chi connectivity index (χ1n) is 9.03. The van der Waals surface area contributed by atoms with E-state index in [0.717, 1.165) is 35.3 Å². The summed E-state index contributed by atoms with van der Waals surface area (Å²) >= 11 is 1.14. The van der Waals surface area contributed by atoms with Crippen LogP contribution >= 0.6 is 11.8 Å². The molecule has 10 nitrogen and oxygen atoms in total. The van der Waals surface area contributed by atoms with E-state index in [-0.39, 0.29) is 17.1 Å². The number of rotatable bonds is 8. The topological polar surface area (TPSA) is 125 Å². The second-order valence-electron chi connectivity index (χ2n) is 6.19. The zero-order chi connectivity index (χ0) is 21.7. The number of methoxy groups -OCH3 is 1. The number of aryl methyl sites for hydroxylation is 2. The summed E-state index contributed by atoms with van der Waals surface area (Å²) in [5, 5.41) is 18.6. The number of nitrogens with one attached hydrogen (secondary N) is 1. The maximum Gasteiger partial charge on any atom is 0.296 e. The van der Waals surface area contributed by atoms with Gasteiger partial charge in [-0.1, -0.05) is 11.8 Å². The molecule has 0 saturated carbocycles. The van der Waals surface area contributed by atoms with Crippen LogP contribution in [0.25, 0.3) is 11.3 Å². The molecule has 30 heavy (non-hydrogen) atoms.